The van der Waals surface area contributed by atoms with Crippen LogP contribution < -0.4 is 5.32 Å². The monoisotopic (exact) mass is 423 g/mol. The van der Waals surface area contributed by atoms with Crippen LogP contribution in [0.25, 0.3) is 0 Å². The van der Waals surface area contributed by atoms with E-state index in [1.807, 2.05) is 6.08 Å². The molecule has 4 heteroatoms. The van der Waals surface area contributed by atoms with Gasteiger partial charge in [-0.25, -0.2) is 0 Å². The third-order valence-corrected chi connectivity index (χ3v) is 5.44. The number of hydrogen-bond acceptors (Lipinski definition) is 3. The molecule has 2 unspecified atom stereocenters. The lowest BCUT2D eigenvalue weighted by molar-refractivity contribution is -0.123. The van der Waals surface area contributed by atoms with Gasteiger partial charge < -0.3 is 15.5 Å². The maximum atomic E-state index is 12.0. The summed E-state index contributed by atoms with van der Waals surface area (Å²) < 4.78 is 0. The first kappa shape index (κ1) is 28.9. The fourth-order valence-electron chi connectivity index (χ4n) is 3.42. The molecule has 0 aliphatic heterocycles. The lowest BCUT2D eigenvalue weighted by Gasteiger charge is -2.19. The number of nitrogens with one attached hydrogen (secondary N) is 1. The highest BCUT2D eigenvalue weighted by atomic mass is 16.3. The van der Waals surface area contributed by atoms with Crippen LogP contribution in [0.3, 0.4) is 0 Å². The van der Waals surface area contributed by atoms with Crippen LogP contribution in [0, 0.1) is 0 Å². The minimum absolute atomic E-state index is 0.0862. The molecule has 30 heavy (non-hydrogen) atoms. The van der Waals surface area contributed by atoms with Crippen molar-refractivity contribution in [3.63, 3.8) is 0 Å². The van der Waals surface area contributed by atoms with Crippen molar-refractivity contribution < 1.29 is 15.0 Å². The number of hydrogen-bond donors (Lipinski definition) is 3. The molecule has 176 valence electrons. The molecular formula is C26H49NO3. The zero-order chi connectivity index (χ0) is 22.3. The van der Waals surface area contributed by atoms with E-state index in [9.17, 15) is 15.0 Å². The number of rotatable bonds is 21. The summed E-state index contributed by atoms with van der Waals surface area (Å²) in [6.45, 7) is 4.18. The molecule has 0 aromatic rings. The maximum absolute atomic E-state index is 12.0. The smallest absolute Gasteiger partial charge is 0.220 e. The average molecular weight is 424 g/mol. The van der Waals surface area contributed by atoms with Crippen molar-refractivity contribution in [1.82, 2.24) is 5.32 Å². The van der Waals surface area contributed by atoms with Crippen molar-refractivity contribution in [2.45, 2.75) is 129 Å². The van der Waals surface area contributed by atoms with Gasteiger partial charge in [0.2, 0.25) is 5.91 Å². The lowest BCUT2D eigenvalue weighted by Crippen LogP contribution is -2.45. The summed E-state index contributed by atoms with van der Waals surface area (Å²) in [5, 5.41) is 22.5. The first-order valence-corrected chi connectivity index (χ1v) is 12.6. The molecule has 2 atom stereocenters. The molecule has 0 aromatic carbocycles. The van der Waals surface area contributed by atoms with E-state index in [1.54, 1.807) is 6.08 Å². The van der Waals surface area contributed by atoms with Gasteiger partial charge in [-0.1, -0.05) is 102 Å². The Labute approximate surface area is 186 Å². The Morgan fingerprint density at radius 3 is 1.93 bits per heavy atom. The third kappa shape index (κ3) is 18.9. The fourth-order valence-corrected chi connectivity index (χ4v) is 3.42. The summed E-state index contributed by atoms with van der Waals surface area (Å²) in [5.74, 6) is -0.0862. The van der Waals surface area contributed by atoms with E-state index in [2.05, 4.69) is 31.3 Å². The summed E-state index contributed by atoms with van der Waals surface area (Å²) in [5.41, 5.74) is 0. The predicted molar refractivity (Wildman–Crippen MR) is 129 cm³/mol. The zero-order valence-corrected chi connectivity index (χ0v) is 19.8. The van der Waals surface area contributed by atoms with Crippen molar-refractivity contribution in [3.8, 4) is 0 Å². The highest BCUT2D eigenvalue weighted by molar-refractivity contribution is 5.76. The van der Waals surface area contributed by atoms with Gasteiger partial charge in [0.1, 0.15) is 0 Å². The molecule has 0 aliphatic carbocycles. The normalized spacial score (nSPS) is 13.9. The van der Waals surface area contributed by atoms with Crippen molar-refractivity contribution in [2.75, 3.05) is 6.61 Å². The van der Waals surface area contributed by atoms with Gasteiger partial charge in [-0.3, -0.25) is 4.79 Å². The molecule has 0 saturated carbocycles. The molecule has 0 aromatic heterocycles. The Morgan fingerprint density at radius 1 is 0.767 bits per heavy atom. The summed E-state index contributed by atoms with van der Waals surface area (Å²) in [7, 11) is 0. The average Bonchev–Trinajstić information content (AvgIpc) is 2.75. The first-order valence-electron chi connectivity index (χ1n) is 12.6. The molecule has 3 N–H and O–H groups in total. The van der Waals surface area contributed by atoms with E-state index in [1.165, 1.54) is 64.2 Å². The molecular weight excluding hydrogens is 374 g/mol. The highest BCUT2D eigenvalue weighted by Gasteiger charge is 2.17. The van der Waals surface area contributed by atoms with Gasteiger partial charge >= 0.3 is 0 Å². The Hall–Kier alpha value is -1.13. The van der Waals surface area contributed by atoms with Crippen LogP contribution in [0.1, 0.15) is 117 Å². The Kier molecular flexibility index (Phi) is 21.7. The Bertz CT molecular complexity index is 434. The van der Waals surface area contributed by atoms with Gasteiger partial charge in [-0.15, -0.1) is 0 Å². The number of amides is 1. The first-order chi connectivity index (χ1) is 14.7. The molecule has 1 amide bonds. The third-order valence-electron chi connectivity index (χ3n) is 5.44. The van der Waals surface area contributed by atoms with E-state index in [0.717, 1.165) is 32.1 Å². The van der Waals surface area contributed by atoms with E-state index >= 15 is 0 Å². The van der Waals surface area contributed by atoms with E-state index in [0.29, 0.717) is 6.42 Å². The Morgan fingerprint density at radius 2 is 1.30 bits per heavy atom. The van der Waals surface area contributed by atoms with Crippen molar-refractivity contribution >= 4 is 5.91 Å². The van der Waals surface area contributed by atoms with Crippen LogP contribution in [0.2, 0.25) is 0 Å². The Balaban J connectivity index is 3.84. The number of allylic oxidation sites excluding steroid dienone is 3. The van der Waals surface area contributed by atoms with Gasteiger partial charge in [0, 0.05) is 6.42 Å². The van der Waals surface area contributed by atoms with Crippen molar-refractivity contribution in [3.05, 3.63) is 24.3 Å². The van der Waals surface area contributed by atoms with Crippen molar-refractivity contribution in [1.29, 1.82) is 0 Å². The largest absolute Gasteiger partial charge is 0.394 e. The number of carbonyl (C=O) groups is 1. The number of unbranched alkanes of at least 4 members (excludes halogenated alkanes) is 12. The van der Waals surface area contributed by atoms with Crippen LogP contribution in [0.15, 0.2) is 24.3 Å². The molecule has 0 saturated heterocycles. The van der Waals surface area contributed by atoms with Crippen LogP contribution in [0.5, 0.6) is 0 Å². The maximum Gasteiger partial charge on any atom is 0.220 e. The second kappa shape index (κ2) is 22.6. The predicted octanol–water partition coefficient (Wildman–Crippen LogP) is 6.22. The second-order valence-electron chi connectivity index (χ2n) is 8.40. The van der Waals surface area contributed by atoms with Gasteiger partial charge in [-0.05, 0) is 32.1 Å². The molecule has 0 aliphatic rings. The molecule has 0 fully saturated rings. The zero-order valence-electron chi connectivity index (χ0n) is 19.8. The minimum Gasteiger partial charge on any atom is -0.394 e. The lowest BCUT2D eigenvalue weighted by atomic mass is 10.1. The van der Waals surface area contributed by atoms with Gasteiger partial charge in [0.25, 0.3) is 0 Å². The van der Waals surface area contributed by atoms with Gasteiger partial charge in [0.05, 0.1) is 18.8 Å². The molecule has 0 bridgehead atoms. The summed E-state index contributed by atoms with van der Waals surface area (Å²) in [4.78, 5) is 12.0. The van der Waals surface area contributed by atoms with Crippen LogP contribution in [-0.2, 0) is 4.79 Å². The SMILES string of the molecule is CCCCCCC/C=C/CC/C=C/C(O)C(CO)NC(=O)CCCCCCCCC. The van der Waals surface area contributed by atoms with E-state index in [4.69, 9.17) is 0 Å². The second-order valence-corrected chi connectivity index (χ2v) is 8.40. The standard InChI is InChI=1S/C26H49NO3/c1-3-5-7-9-11-12-13-14-16-17-19-21-25(29)24(23-28)27-26(30)22-20-18-15-10-8-6-4-2/h13-14,19,21,24-25,28-29H,3-12,15-18,20,22-23H2,1-2H3,(H,27,30)/b14-13+,21-19+. The van der Waals surface area contributed by atoms with E-state index < -0.39 is 12.1 Å². The van der Waals surface area contributed by atoms with Gasteiger partial charge in [0.15, 0.2) is 0 Å². The van der Waals surface area contributed by atoms with Crippen LogP contribution >= 0.6 is 0 Å². The highest BCUT2D eigenvalue weighted by Crippen LogP contribution is 2.09. The van der Waals surface area contributed by atoms with Crippen molar-refractivity contribution in [2.24, 2.45) is 0 Å². The van der Waals surface area contributed by atoms with Gasteiger partial charge in [-0.2, -0.15) is 0 Å². The quantitative estimate of drug-likeness (QED) is 0.152. The summed E-state index contributed by atoms with van der Waals surface area (Å²) in [6, 6.07) is -0.628. The van der Waals surface area contributed by atoms with E-state index in [-0.39, 0.29) is 12.5 Å². The fraction of sp³-hybridized carbons (Fsp3) is 0.808. The molecule has 4 nitrogen and oxygen atoms in total. The molecule has 0 spiro atoms. The summed E-state index contributed by atoms with van der Waals surface area (Å²) in [6.07, 6.45) is 25.3. The summed E-state index contributed by atoms with van der Waals surface area (Å²) >= 11 is 0. The topological polar surface area (TPSA) is 69.6 Å². The van der Waals surface area contributed by atoms with Crippen LogP contribution in [-0.4, -0.2) is 34.9 Å². The number of aliphatic hydroxyl groups is 2. The van der Waals surface area contributed by atoms with Crippen LogP contribution in [0.4, 0.5) is 0 Å². The molecule has 0 rings (SSSR count). The number of carbonyl (C=O) groups excluding carboxylic acids is 1. The molecule has 0 radical (unpaired) electrons. The number of aliphatic hydroxyl groups excluding tert-OH is 2. The minimum atomic E-state index is -0.851. The molecule has 0 heterocycles.